The van der Waals surface area contributed by atoms with Crippen LogP contribution in [-0.2, 0) is 9.59 Å². The number of carbonyl (C=O) groups is 2. The maximum atomic E-state index is 10.5. The number of carboxylic acids is 1. The molecule has 1 atom stereocenters. The van der Waals surface area contributed by atoms with Crippen molar-refractivity contribution in [3.63, 3.8) is 0 Å². The van der Waals surface area contributed by atoms with E-state index in [1.165, 1.54) is 12.3 Å². The molecular formula is C8H10BrNO3. The van der Waals surface area contributed by atoms with Gasteiger partial charge in [-0.05, 0) is 6.42 Å². The van der Waals surface area contributed by atoms with Crippen molar-refractivity contribution in [1.29, 1.82) is 0 Å². The van der Waals surface area contributed by atoms with Gasteiger partial charge in [0.1, 0.15) is 0 Å². The molecule has 1 unspecified atom stereocenters. The molecular weight excluding hydrogens is 238 g/mol. The first-order valence-electron chi connectivity index (χ1n) is 3.66. The normalized spacial score (nSPS) is 19.7. The lowest BCUT2D eigenvalue weighted by molar-refractivity contribution is -0.137. The fourth-order valence-electron chi connectivity index (χ4n) is 0.929. The Bertz CT molecular complexity index is 244. The molecule has 1 rings (SSSR count). The van der Waals surface area contributed by atoms with Gasteiger partial charge in [-0.15, -0.1) is 17.0 Å². The van der Waals surface area contributed by atoms with Gasteiger partial charge in [0, 0.05) is 24.6 Å². The quantitative estimate of drug-likeness (QED) is 0.816. The molecule has 5 heteroatoms. The molecule has 13 heavy (non-hydrogen) atoms. The summed E-state index contributed by atoms with van der Waals surface area (Å²) in [6, 6.07) is 0. The molecule has 0 aromatic carbocycles. The van der Waals surface area contributed by atoms with E-state index in [-0.39, 0.29) is 35.2 Å². The van der Waals surface area contributed by atoms with Gasteiger partial charge in [0.2, 0.25) is 0 Å². The van der Waals surface area contributed by atoms with E-state index in [1.807, 2.05) is 0 Å². The van der Waals surface area contributed by atoms with E-state index < -0.39 is 5.97 Å². The van der Waals surface area contributed by atoms with Crippen LogP contribution in [0.25, 0.3) is 0 Å². The molecule has 0 saturated carbocycles. The fourth-order valence-corrected chi connectivity index (χ4v) is 0.929. The highest BCUT2D eigenvalue weighted by atomic mass is 79.9. The molecule has 0 bridgehead atoms. The number of nitrogens with zero attached hydrogens (tertiary/aromatic N) is 1. The average molecular weight is 248 g/mol. The van der Waals surface area contributed by atoms with Crippen molar-refractivity contribution in [2.45, 2.75) is 12.8 Å². The van der Waals surface area contributed by atoms with E-state index in [0.717, 1.165) is 0 Å². The summed E-state index contributed by atoms with van der Waals surface area (Å²) in [6.45, 7) is 0. The first kappa shape index (κ1) is 12.0. The molecule has 1 N–H and O–H groups in total. The molecule has 4 nitrogen and oxygen atoms in total. The first-order chi connectivity index (χ1) is 5.68. The largest absolute Gasteiger partial charge is 0.481 e. The van der Waals surface area contributed by atoms with Crippen molar-refractivity contribution < 1.29 is 14.7 Å². The van der Waals surface area contributed by atoms with Crippen LogP contribution in [0.1, 0.15) is 12.8 Å². The minimum atomic E-state index is -0.825. The maximum Gasteiger partial charge on any atom is 0.303 e. The third kappa shape index (κ3) is 4.57. The zero-order valence-corrected chi connectivity index (χ0v) is 8.56. The Morgan fingerprint density at radius 2 is 2.31 bits per heavy atom. The summed E-state index contributed by atoms with van der Waals surface area (Å²) in [4.78, 5) is 24.3. The second kappa shape index (κ2) is 5.64. The minimum Gasteiger partial charge on any atom is -0.481 e. The third-order valence-electron chi connectivity index (χ3n) is 1.57. The zero-order valence-electron chi connectivity index (χ0n) is 6.84. The molecule has 1 amide bonds. The molecule has 0 radical (unpaired) electrons. The van der Waals surface area contributed by atoms with Gasteiger partial charge in [0.25, 0.3) is 5.91 Å². The number of halogens is 1. The van der Waals surface area contributed by atoms with Crippen molar-refractivity contribution >= 4 is 35.1 Å². The number of carbonyl (C=O) groups excluding carboxylic acids is 1. The molecule has 0 spiro atoms. The van der Waals surface area contributed by atoms with Crippen LogP contribution < -0.4 is 0 Å². The zero-order chi connectivity index (χ0) is 8.97. The van der Waals surface area contributed by atoms with Gasteiger partial charge in [-0.25, -0.2) is 4.99 Å². The van der Waals surface area contributed by atoms with E-state index in [9.17, 15) is 9.59 Å². The highest BCUT2D eigenvalue weighted by Gasteiger charge is 2.09. The minimum absolute atomic E-state index is 0. The van der Waals surface area contributed by atoms with Crippen molar-refractivity contribution in [1.82, 2.24) is 0 Å². The number of aliphatic imine (C=N–C) groups is 1. The van der Waals surface area contributed by atoms with E-state index in [0.29, 0.717) is 6.42 Å². The molecule has 1 aliphatic heterocycles. The second-order valence-electron chi connectivity index (χ2n) is 2.57. The van der Waals surface area contributed by atoms with E-state index in [1.54, 1.807) is 6.08 Å². The van der Waals surface area contributed by atoms with Crippen LogP contribution >= 0.6 is 17.0 Å². The number of hydrogen-bond donors (Lipinski definition) is 1. The van der Waals surface area contributed by atoms with E-state index in [2.05, 4.69) is 4.99 Å². The SMILES string of the molecule is Br.O=C(O)CCC1C=CC(=O)N=C1. The Morgan fingerprint density at radius 3 is 2.77 bits per heavy atom. The molecule has 0 saturated heterocycles. The van der Waals surface area contributed by atoms with Gasteiger partial charge in [0.15, 0.2) is 0 Å². The molecule has 0 fully saturated rings. The fraction of sp³-hybridized carbons (Fsp3) is 0.375. The number of hydrogen-bond acceptors (Lipinski definition) is 2. The first-order valence-corrected chi connectivity index (χ1v) is 3.66. The van der Waals surface area contributed by atoms with E-state index >= 15 is 0 Å². The van der Waals surface area contributed by atoms with Gasteiger partial charge >= 0.3 is 5.97 Å². The molecule has 1 aliphatic rings. The summed E-state index contributed by atoms with van der Waals surface area (Å²) in [5.74, 6) is -1.10. The number of allylic oxidation sites excluding steroid dienone is 1. The average Bonchev–Trinajstić information content (AvgIpc) is 2.03. The van der Waals surface area contributed by atoms with Crippen molar-refractivity contribution in [2.75, 3.05) is 0 Å². The van der Waals surface area contributed by atoms with Crippen LogP contribution in [0.15, 0.2) is 17.1 Å². The van der Waals surface area contributed by atoms with E-state index in [4.69, 9.17) is 5.11 Å². The molecule has 0 aliphatic carbocycles. The molecule has 72 valence electrons. The van der Waals surface area contributed by atoms with Crippen LogP contribution in [-0.4, -0.2) is 23.2 Å². The lowest BCUT2D eigenvalue weighted by Gasteiger charge is -2.06. The summed E-state index contributed by atoms with van der Waals surface area (Å²) >= 11 is 0. The van der Waals surface area contributed by atoms with Gasteiger partial charge in [-0.3, -0.25) is 9.59 Å². The number of dihydropyridines is 1. The number of carboxylic acid groups (broad SMARTS) is 1. The van der Waals surface area contributed by atoms with Crippen LogP contribution in [0.2, 0.25) is 0 Å². The lowest BCUT2D eigenvalue weighted by atomic mass is 10.0. The van der Waals surface area contributed by atoms with Crippen LogP contribution in [0, 0.1) is 5.92 Å². The van der Waals surface area contributed by atoms with Crippen molar-refractivity contribution in [3.8, 4) is 0 Å². The smallest absolute Gasteiger partial charge is 0.303 e. The van der Waals surface area contributed by atoms with Crippen LogP contribution in [0.5, 0.6) is 0 Å². The van der Waals surface area contributed by atoms with Gasteiger partial charge in [0.05, 0.1) is 0 Å². The van der Waals surface area contributed by atoms with Crippen molar-refractivity contribution in [3.05, 3.63) is 12.2 Å². The highest BCUT2D eigenvalue weighted by molar-refractivity contribution is 8.93. The number of aliphatic carboxylic acids is 1. The molecule has 0 aromatic heterocycles. The van der Waals surface area contributed by atoms with Crippen molar-refractivity contribution in [2.24, 2.45) is 10.9 Å². The monoisotopic (exact) mass is 247 g/mol. The van der Waals surface area contributed by atoms with Gasteiger partial charge < -0.3 is 5.11 Å². The standard InChI is InChI=1S/C8H9NO3.BrH/c10-7-3-1-6(5-9-7)2-4-8(11)12;/h1,3,5-6H,2,4H2,(H,11,12);1H. The summed E-state index contributed by atoms with van der Waals surface area (Å²) in [5, 5.41) is 8.36. The summed E-state index contributed by atoms with van der Waals surface area (Å²) in [6.07, 6.45) is 5.15. The van der Waals surface area contributed by atoms with Gasteiger partial charge in [-0.2, -0.15) is 0 Å². The molecule has 1 heterocycles. The summed E-state index contributed by atoms with van der Waals surface area (Å²) in [5.41, 5.74) is 0. The van der Waals surface area contributed by atoms with Crippen LogP contribution in [0.3, 0.4) is 0 Å². The summed E-state index contributed by atoms with van der Waals surface area (Å²) in [7, 11) is 0. The second-order valence-corrected chi connectivity index (χ2v) is 2.57. The van der Waals surface area contributed by atoms with Gasteiger partial charge in [-0.1, -0.05) is 6.08 Å². The Labute approximate surface area is 86.1 Å². The summed E-state index contributed by atoms with van der Waals surface area (Å²) < 4.78 is 0. The Hall–Kier alpha value is -0.970. The topological polar surface area (TPSA) is 66.7 Å². The molecule has 0 aromatic rings. The highest BCUT2D eigenvalue weighted by Crippen LogP contribution is 2.09. The third-order valence-corrected chi connectivity index (χ3v) is 1.57. The lowest BCUT2D eigenvalue weighted by Crippen LogP contribution is -2.08. The Kier molecular flexibility index (Phi) is 5.22. The predicted octanol–water partition coefficient (Wildman–Crippen LogP) is 1.21. The van der Waals surface area contributed by atoms with Crippen LogP contribution in [0.4, 0.5) is 0 Å². The predicted molar refractivity (Wildman–Crippen MR) is 53.3 cm³/mol. The Balaban J connectivity index is 0.00000144. The number of amides is 1. The Morgan fingerprint density at radius 1 is 1.62 bits per heavy atom. The number of rotatable bonds is 3. The maximum absolute atomic E-state index is 10.5.